The molecule has 1 heterocycles. The first-order valence-electron chi connectivity index (χ1n) is 6.62. The Balaban J connectivity index is 2.46. The van der Waals surface area contributed by atoms with Crippen molar-refractivity contribution in [3.05, 3.63) is 42.1 Å². The maximum atomic E-state index is 10.8. The average Bonchev–Trinajstić information content (AvgIpc) is 2.38. The second-order valence-electron chi connectivity index (χ2n) is 6.15. The highest BCUT2D eigenvalue weighted by Gasteiger charge is 2.39. The van der Waals surface area contributed by atoms with E-state index in [9.17, 15) is 5.11 Å². The standard InChI is InChI=1S/C16H22N2O/c1-15(2,3)16(19,11-17)10-12-8-9-18-14-7-5-4-6-13(12)14/h4-9,19H,10-11,17H2,1-3H3. The summed E-state index contributed by atoms with van der Waals surface area (Å²) in [6, 6.07) is 9.95. The molecule has 0 fully saturated rings. The molecule has 0 aliphatic rings. The summed E-state index contributed by atoms with van der Waals surface area (Å²) in [4.78, 5) is 4.35. The number of pyridine rings is 1. The molecule has 1 aromatic heterocycles. The molecule has 0 spiro atoms. The Kier molecular flexibility index (Phi) is 3.61. The summed E-state index contributed by atoms with van der Waals surface area (Å²) >= 11 is 0. The molecule has 0 saturated heterocycles. The lowest BCUT2D eigenvalue weighted by atomic mass is 9.73. The van der Waals surface area contributed by atoms with Gasteiger partial charge in [0.25, 0.3) is 0 Å². The van der Waals surface area contributed by atoms with E-state index in [2.05, 4.69) is 4.98 Å². The van der Waals surface area contributed by atoms with Crippen LogP contribution in [0.15, 0.2) is 36.5 Å². The molecule has 0 saturated carbocycles. The monoisotopic (exact) mass is 258 g/mol. The van der Waals surface area contributed by atoms with E-state index in [0.29, 0.717) is 6.42 Å². The molecule has 3 nitrogen and oxygen atoms in total. The highest BCUT2D eigenvalue weighted by molar-refractivity contribution is 5.81. The van der Waals surface area contributed by atoms with Gasteiger partial charge in [-0.1, -0.05) is 39.0 Å². The van der Waals surface area contributed by atoms with Gasteiger partial charge in [0.15, 0.2) is 0 Å². The van der Waals surface area contributed by atoms with E-state index in [1.54, 1.807) is 6.20 Å². The van der Waals surface area contributed by atoms with Crippen molar-refractivity contribution in [2.24, 2.45) is 11.1 Å². The number of hydrogen-bond acceptors (Lipinski definition) is 3. The quantitative estimate of drug-likeness (QED) is 0.889. The number of nitrogens with two attached hydrogens (primary N) is 1. The van der Waals surface area contributed by atoms with Crippen molar-refractivity contribution < 1.29 is 5.11 Å². The number of hydrogen-bond donors (Lipinski definition) is 2. The molecule has 0 bridgehead atoms. The second kappa shape index (κ2) is 4.91. The molecule has 0 aliphatic carbocycles. The fraction of sp³-hybridized carbons (Fsp3) is 0.438. The molecule has 0 radical (unpaired) electrons. The Labute approximate surface area is 114 Å². The van der Waals surface area contributed by atoms with Crippen molar-refractivity contribution >= 4 is 10.9 Å². The maximum absolute atomic E-state index is 10.8. The van der Waals surface area contributed by atoms with Crippen molar-refractivity contribution in [1.29, 1.82) is 0 Å². The van der Waals surface area contributed by atoms with E-state index in [4.69, 9.17) is 5.73 Å². The van der Waals surface area contributed by atoms with Gasteiger partial charge in [-0.15, -0.1) is 0 Å². The average molecular weight is 258 g/mol. The van der Waals surface area contributed by atoms with Crippen LogP contribution in [-0.4, -0.2) is 22.2 Å². The molecule has 1 unspecified atom stereocenters. The van der Waals surface area contributed by atoms with Crippen molar-refractivity contribution in [2.75, 3.05) is 6.54 Å². The number of aromatic nitrogens is 1. The molecule has 1 atom stereocenters. The number of fused-ring (bicyclic) bond motifs is 1. The van der Waals surface area contributed by atoms with Gasteiger partial charge in [0.1, 0.15) is 0 Å². The Bertz CT molecular complexity index is 569. The van der Waals surface area contributed by atoms with Gasteiger partial charge in [0, 0.05) is 24.5 Å². The molecule has 19 heavy (non-hydrogen) atoms. The van der Waals surface area contributed by atoms with Gasteiger partial charge in [0.2, 0.25) is 0 Å². The van der Waals surface area contributed by atoms with Gasteiger partial charge in [-0.3, -0.25) is 4.98 Å². The maximum Gasteiger partial charge on any atom is 0.0857 e. The second-order valence-corrected chi connectivity index (χ2v) is 6.15. The van der Waals surface area contributed by atoms with Crippen LogP contribution in [0.25, 0.3) is 10.9 Å². The van der Waals surface area contributed by atoms with Gasteiger partial charge in [-0.05, 0) is 23.1 Å². The van der Waals surface area contributed by atoms with Crippen LogP contribution in [0.3, 0.4) is 0 Å². The number of nitrogens with zero attached hydrogens (tertiary/aromatic N) is 1. The summed E-state index contributed by atoms with van der Waals surface area (Å²) in [6.07, 6.45) is 2.33. The van der Waals surface area contributed by atoms with Crippen LogP contribution in [0.5, 0.6) is 0 Å². The van der Waals surface area contributed by atoms with E-state index in [1.165, 1.54) is 0 Å². The third-order valence-corrected chi connectivity index (χ3v) is 3.96. The molecule has 102 valence electrons. The lowest BCUT2D eigenvalue weighted by Gasteiger charge is -2.39. The summed E-state index contributed by atoms with van der Waals surface area (Å²) in [7, 11) is 0. The van der Waals surface area contributed by atoms with E-state index in [1.807, 2.05) is 51.1 Å². The molecular weight excluding hydrogens is 236 g/mol. The number of benzene rings is 1. The largest absolute Gasteiger partial charge is 0.388 e. The number of para-hydroxylation sites is 1. The van der Waals surface area contributed by atoms with Crippen molar-refractivity contribution in [3.8, 4) is 0 Å². The minimum absolute atomic E-state index is 0.243. The number of aliphatic hydroxyl groups is 1. The van der Waals surface area contributed by atoms with Gasteiger partial charge >= 0.3 is 0 Å². The summed E-state index contributed by atoms with van der Waals surface area (Å²) < 4.78 is 0. The van der Waals surface area contributed by atoms with Crippen molar-refractivity contribution in [2.45, 2.75) is 32.8 Å². The number of rotatable bonds is 3. The molecule has 0 amide bonds. The highest BCUT2D eigenvalue weighted by Crippen LogP contribution is 2.34. The van der Waals surface area contributed by atoms with Crippen LogP contribution < -0.4 is 5.73 Å². The lowest BCUT2D eigenvalue weighted by molar-refractivity contribution is -0.0488. The Morgan fingerprint density at radius 2 is 1.84 bits per heavy atom. The summed E-state index contributed by atoms with van der Waals surface area (Å²) in [5.74, 6) is 0. The molecule has 2 aromatic rings. The Morgan fingerprint density at radius 3 is 2.47 bits per heavy atom. The normalized spacial score (nSPS) is 15.4. The third kappa shape index (κ3) is 2.62. The molecule has 1 aromatic carbocycles. The van der Waals surface area contributed by atoms with Crippen LogP contribution >= 0.6 is 0 Å². The van der Waals surface area contributed by atoms with Crippen molar-refractivity contribution in [1.82, 2.24) is 4.98 Å². The van der Waals surface area contributed by atoms with Crippen LogP contribution in [0.2, 0.25) is 0 Å². The van der Waals surface area contributed by atoms with Gasteiger partial charge in [-0.2, -0.15) is 0 Å². The predicted molar refractivity (Wildman–Crippen MR) is 78.9 cm³/mol. The van der Waals surface area contributed by atoms with Crippen LogP contribution in [-0.2, 0) is 6.42 Å². The minimum atomic E-state index is -0.920. The molecule has 0 aliphatic heterocycles. The van der Waals surface area contributed by atoms with E-state index in [-0.39, 0.29) is 12.0 Å². The first-order valence-corrected chi connectivity index (χ1v) is 6.62. The first kappa shape index (κ1) is 14.0. The molecule has 3 N–H and O–H groups in total. The zero-order valence-corrected chi connectivity index (χ0v) is 11.9. The van der Waals surface area contributed by atoms with Crippen molar-refractivity contribution in [3.63, 3.8) is 0 Å². The van der Waals surface area contributed by atoms with Crippen LogP contribution in [0.4, 0.5) is 0 Å². The summed E-state index contributed by atoms with van der Waals surface area (Å²) in [5.41, 5.74) is 6.67. The molecule has 3 heteroatoms. The van der Waals surface area contributed by atoms with Gasteiger partial charge in [-0.25, -0.2) is 0 Å². The first-order chi connectivity index (χ1) is 8.87. The topological polar surface area (TPSA) is 59.1 Å². The Hall–Kier alpha value is -1.45. The third-order valence-electron chi connectivity index (χ3n) is 3.96. The minimum Gasteiger partial charge on any atom is -0.388 e. The molecule has 2 rings (SSSR count). The zero-order chi connectivity index (χ0) is 14.1. The SMILES string of the molecule is CC(C)(C)C(O)(CN)Cc1ccnc2ccccc12. The van der Waals surface area contributed by atoms with Crippen LogP contribution in [0.1, 0.15) is 26.3 Å². The lowest BCUT2D eigenvalue weighted by Crippen LogP contribution is -2.50. The molecular formula is C16H22N2O. The zero-order valence-electron chi connectivity index (χ0n) is 11.9. The van der Waals surface area contributed by atoms with E-state index >= 15 is 0 Å². The predicted octanol–water partition coefficient (Wildman–Crippen LogP) is 2.51. The van der Waals surface area contributed by atoms with E-state index in [0.717, 1.165) is 16.5 Å². The van der Waals surface area contributed by atoms with Crippen LogP contribution in [0, 0.1) is 5.41 Å². The fourth-order valence-electron chi connectivity index (χ4n) is 2.27. The smallest absolute Gasteiger partial charge is 0.0857 e. The van der Waals surface area contributed by atoms with E-state index < -0.39 is 5.60 Å². The fourth-order valence-corrected chi connectivity index (χ4v) is 2.27. The van der Waals surface area contributed by atoms with Gasteiger partial charge < -0.3 is 10.8 Å². The summed E-state index contributed by atoms with van der Waals surface area (Å²) in [5, 5.41) is 11.9. The summed E-state index contributed by atoms with van der Waals surface area (Å²) in [6.45, 7) is 6.29. The van der Waals surface area contributed by atoms with Gasteiger partial charge in [0.05, 0.1) is 11.1 Å². The highest BCUT2D eigenvalue weighted by atomic mass is 16.3. The Morgan fingerprint density at radius 1 is 1.16 bits per heavy atom.